The van der Waals surface area contributed by atoms with Crippen molar-refractivity contribution < 1.29 is 0 Å². The number of thiophene rings is 1. The first-order valence-corrected chi connectivity index (χ1v) is 10.4. The highest BCUT2D eigenvalue weighted by atomic mass is 32.1. The first-order valence-electron chi connectivity index (χ1n) is 9.54. The highest BCUT2D eigenvalue weighted by Crippen LogP contribution is 2.38. The van der Waals surface area contributed by atoms with Crippen molar-refractivity contribution in [1.82, 2.24) is 14.3 Å². The fourth-order valence-corrected chi connectivity index (χ4v) is 5.07. The van der Waals surface area contributed by atoms with Crippen molar-refractivity contribution in [2.45, 2.75) is 25.9 Å². The second-order valence-corrected chi connectivity index (χ2v) is 8.30. The van der Waals surface area contributed by atoms with Crippen LogP contribution in [-0.4, -0.2) is 20.8 Å². The van der Waals surface area contributed by atoms with Crippen LogP contribution in [0.4, 0.5) is 0 Å². The molecule has 5 rings (SSSR count). The Morgan fingerprint density at radius 1 is 1.14 bits per heavy atom. The van der Waals surface area contributed by atoms with E-state index >= 15 is 0 Å². The Morgan fingerprint density at radius 2 is 2.00 bits per heavy atom. The van der Waals surface area contributed by atoms with Crippen molar-refractivity contribution in [2.24, 2.45) is 0 Å². The molecule has 4 nitrogen and oxygen atoms in total. The third-order valence-corrected chi connectivity index (χ3v) is 6.48. The van der Waals surface area contributed by atoms with Gasteiger partial charge in [-0.25, -0.2) is 4.98 Å². The van der Waals surface area contributed by atoms with Gasteiger partial charge in [-0.05, 0) is 47.5 Å². The first-order chi connectivity index (χ1) is 13.7. The maximum atomic E-state index is 12.6. The lowest BCUT2D eigenvalue weighted by Gasteiger charge is -2.36. The summed E-state index contributed by atoms with van der Waals surface area (Å²) in [7, 11) is 0. The molecule has 0 bridgehead atoms. The lowest BCUT2D eigenvalue weighted by Crippen LogP contribution is -2.35. The van der Waals surface area contributed by atoms with Crippen LogP contribution in [0.2, 0.25) is 0 Å². The van der Waals surface area contributed by atoms with Gasteiger partial charge < -0.3 is 0 Å². The van der Waals surface area contributed by atoms with Gasteiger partial charge in [0, 0.05) is 30.2 Å². The number of pyridine rings is 1. The van der Waals surface area contributed by atoms with Crippen molar-refractivity contribution >= 4 is 17.0 Å². The molecule has 0 N–H and O–H groups in total. The molecule has 0 fully saturated rings. The van der Waals surface area contributed by atoms with E-state index in [4.69, 9.17) is 4.98 Å². The summed E-state index contributed by atoms with van der Waals surface area (Å²) in [6.45, 7) is 3.62. The Balaban J connectivity index is 1.56. The van der Waals surface area contributed by atoms with Gasteiger partial charge in [0.05, 0.1) is 11.7 Å². The molecule has 5 heteroatoms. The molecule has 3 aromatic heterocycles. The molecule has 0 spiro atoms. The maximum absolute atomic E-state index is 12.6. The molecule has 0 radical (unpaired) electrons. The van der Waals surface area contributed by atoms with E-state index in [1.165, 1.54) is 16.0 Å². The van der Waals surface area contributed by atoms with Crippen LogP contribution in [0.1, 0.15) is 33.3 Å². The molecule has 0 aliphatic carbocycles. The van der Waals surface area contributed by atoms with Crippen LogP contribution < -0.4 is 5.56 Å². The minimum atomic E-state index is -0.0202. The number of aromatic nitrogens is 2. The topological polar surface area (TPSA) is 37.6 Å². The van der Waals surface area contributed by atoms with Crippen LogP contribution >= 0.6 is 11.3 Å². The predicted octanol–water partition coefficient (Wildman–Crippen LogP) is 4.21. The maximum Gasteiger partial charge on any atom is 0.258 e. The average Bonchev–Trinajstić information content (AvgIpc) is 3.18. The lowest BCUT2D eigenvalue weighted by molar-refractivity contribution is 0.204. The highest BCUT2D eigenvalue weighted by Gasteiger charge is 2.29. The molecular formula is C23H21N3OS. The number of aryl methyl sites for hydroxylation is 1. The molecule has 1 aliphatic rings. The fraction of sp³-hybridized carbons (Fsp3) is 0.217. The summed E-state index contributed by atoms with van der Waals surface area (Å²) in [5.41, 5.74) is 5.24. The summed E-state index contributed by atoms with van der Waals surface area (Å²) < 4.78 is 1.63. The summed E-state index contributed by atoms with van der Waals surface area (Å²) in [5.74, 6) is 0. The smallest absolute Gasteiger partial charge is 0.258 e. The molecule has 140 valence electrons. The summed E-state index contributed by atoms with van der Waals surface area (Å²) in [6.07, 6.45) is 2.83. The monoisotopic (exact) mass is 387 g/mol. The van der Waals surface area contributed by atoms with Crippen molar-refractivity contribution in [3.05, 3.63) is 104 Å². The lowest BCUT2D eigenvalue weighted by atomic mass is 9.93. The molecule has 1 aliphatic heterocycles. The molecule has 1 aromatic carbocycles. The Morgan fingerprint density at radius 3 is 2.86 bits per heavy atom. The Kier molecular flexibility index (Phi) is 4.34. The van der Waals surface area contributed by atoms with Gasteiger partial charge in [-0.3, -0.25) is 14.1 Å². The molecular weight excluding hydrogens is 366 g/mol. The number of nitrogens with zero attached hydrogens (tertiary/aromatic N) is 3. The standard InChI is InChI=1S/C23H21N3OS/c1-16-6-5-11-26-21(27)14-18(24-23(16)26)15-25-12-9-20-19(10-13-28-20)22(25)17-7-3-2-4-8-17/h2-8,10-11,13-14,22H,9,12,15H2,1H3. The number of hydrogen-bond donors (Lipinski definition) is 0. The number of rotatable bonds is 3. The molecule has 0 saturated heterocycles. The van der Waals surface area contributed by atoms with Gasteiger partial charge >= 0.3 is 0 Å². The van der Waals surface area contributed by atoms with Crippen molar-refractivity contribution in [2.75, 3.05) is 6.54 Å². The summed E-state index contributed by atoms with van der Waals surface area (Å²) in [5, 5.41) is 2.19. The van der Waals surface area contributed by atoms with Crippen LogP contribution in [0.25, 0.3) is 5.65 Å². The summed E-state index contributed by atoms with van der Waals surface area (Å²) in [6, 6.07) is 18.6. The van der Waals surface area contributed by atoms with Gasteiger partial charge in [0.1, 0.15) is 5.65 Å². The van der Waals surface area contributed by atoms with Crippen LogP contribution in [0.15, 0.2) is 71.0 Å². The van der Waals surface area contributed by atoms with E-state index in [0.29, 0.717) is 6.54 Å². The highest BCUT2D eigenvalue weighted by molar-refractivity contribution is 7.10. The van der Waals surface area contributed by atoms with E-state index in [1.807, 2.05) is 30.4 Å². The van der Waals surface area contributed by atoms with Crippen LogP contribution in [0, 0.1) is 6.92 Å². The van der Waals surface area contributed by atoms with E-state index in [9.17, 15) is 4.79 Å². The normalized spacial score (nSPS) is 17.0. The third kappa shape index (κ3) is 2.97. The minimum Gasteiger partial charge on any atom is -0.286 e. The first kappa shape index (κ1) is 17.3. The number of hydrogen-bond acceptors (Lipinski definition) is 4. The van der Waals surface area contributed by atoms with Crippen molar-refractivity contribution in [3.8, 4) is 0 Å². The van der Waals surface area contributed by atoms with Crippen molar-refractivity contribution in [3.63, 3.8) is 0 Å². The quantitative estimate of drug-likeness (QED) is 0.528. The largest absolute Gasteiger partial charge is 0.286 e. The second kappa shape index (κ2) is 7.00. The zero-order valence-electron chi connectivity index (χ0n) is 15.7. The van der Waals surface area contributed by atoms with Gasteiger partial charge in [0.15, 0.2) is 0 Å². The van der Waals surface area contributed by atoms with Gasteiger partial charge in [0.25, 0.3) is 5.56 Å². The Hall–Kier alpha value is -2.76. The average molecular weight is 388 g/mol. The third-order valence-electron chi connectivity index (χ3n) is 5.49. The zero-order valence-corrected chi connectivity index (χ0v) is 16.5. The van der Waals surface area contributed by atoms with Gasteiger partial charge in [0.2, 0.25) is 0 Å². The van der Waals surface area contributed by atoms with E-state index < -0.39 is 0 Å². The van der Waals surface area contributed by atoms with Crippen LogP contribution in [0.3, 0.4) is 0 Å². The molecule has 0 saturated carbocycles. The van der Waals surface area contributed by atoms with Gasteiger partial charge in [-0.15, -0.1) is 11.3 Å². The number of benzene rings is 1. The van der Waals surface area contributed by atoms with E-state index in [0.717, 1.165) is 29.9 Å². The molecule has 4 heterocycles. The molecule has 4 aromatic rings. The number of fused-ring (bicyclic) bond motifs is 2. The van der Waals surface area contributed by atoms with E-state index in [1.54, 1.807) is 16.7 Å². The van der Waals surface area contributed by atoms with Crippen LogP contribution in [0.5, 0.6) is 0 Å². The van der Waals surface area contributed by atoms with E-state index in [2.05, 4.69) is 46.7 Å². The second-order valence-electron chi connectivity index (χ2n) is 7.30. The molecule has 0 amide bonds. The van der Waals surface area contributed by atoms with Crippen molar-refractivity contribution in [1.29, 1.82) is 0 Å². The zero-order chi connectivity index (χ0) is 19.1. The van der Waals surface area contributed by atoms with Gasteiger partial charge in [-0.1, -0.05) is 36.4 Å². The predicted molar refractivity (Wildman–Crippen MR) is 113 cm³/mol. The molecule has 1 unspecified atom stereocenters. The summed E-state index contributed by atoms with van der Waals surface area (Å²) >= 11 is 1.84. The SMILES string of the molecule is Cc1cccn2c(=O)cc(CN3CCc4sccc4C3c3ccccc3)nc12. The molecule has 28 heavy (non-hydrogen) atoms. The Labute approximate surface area is 167 Å². The van der Waals surface area contributed by atoms with Gasteiger partial charge in [-0.2, -0.15) is 0 Å². The van der Waals surface area contributed by atoms with Crippen LogP contribution in [-0.2, 0) is 13.0 Å². The molecule has 1 atom stereocenters. The fourth-order valence-electron chi connectivity index (χ4n) is 4.16. The minimum absolute atomic E-state index is 0.0202. The Bertz CT molecular complexity index is 1200. The van der Waals surface area contributed by atoms with E-state index in [-0.39, 0.29) is 11.6 Å². The summed E-state index contributed by atoms with van der Waals surface area (Å²) in [4.78, 5) is 21.3.